The minimum absolute atomic E-state index is 0.324. The van der Waals surface area contributed by atoms with E-state index in [9.17, 15) is 0 Å². The number of hydrogen-bond acceptors (Lipinski definition) is 4. The van der Waals surface area contributed by atoms with Crippen molar-refractivity contribution in [2.75, 3.05) is 32.8 Å². The Morgan fingerprint density at radius 3 is 2.94 bits per heavy atom. The Balaban J connectivity index is 1.93. The Labute approximate surface area is 94.9 Å². The standard InChI is InChI=1S/C12H16N2O2/c1-2-9(10-8-13-4-5-14-10)12-11(3-1)15-6-7-16-12/h1-3,10,13-14H,4-8H2/t10-/m1/s1. The summed E-state index contributed by atoms with van der Waals surface area (Å²) in [6.07, 6.45) is 0. The van der Waals surface area contributed by atoms with Gasteiger partial charge in [-0.2, -0.15) is 0 Å². The Hall–Kier alpha value is -1.26. The van der Waals surface area contributed by atoms with Crippen LogP contribution in [0.3, 0.4) is 0 Å². The number of hydrogen-bond donors (Lipinski definition) is 2. The third-order valence-corrected chi connectivity index (χ3v) is 3.01. The molecule has 2 N–H and O–H groups in total. The molecule has 1 atom stereocenters. The highest BCUT2D eigenvalue weighted by atomic mass is 16.6. The van der Waals surface area contributed by atoms with Crippen molar-refractivity contribution in [3.63, 3.8) is 0 Å². The van der Waals surface area contributed by atoms with E-state index in [1.165, 1.54) is 5.56 Å². The van der Waals surface area contributed by atoms with Gasteiger partial charge >= 0.3 is 0 Å². The molecule has 1 saturated heterocycles. The van der Waals surface area contributed by atoms with Gasteiger partial charge in [0.05, 0.1) is 0 Å². The fourth-order valence-electron chi connectivity index (χ4n) is 2.24. The zero-order valence-corrected chi connectivity index (χ0v) is 9.16. The van der Waals surface area contributed by atoms with Crippen molar-refractivity contribution in [2.45, 2.75) is 6.04 Å². The second kappa shape index (κ2) is 4.31. The Kier molecular flexibility index (Phi) is 2.68. The molecule has 2 aliphatic rings. The molecule has 86 valence electrons. The highest BCUT2D eigenvalue weighted by Gasteiger charge is 2.22. The third-order valence-electron chi connectivity index (χ3n) is 3.01. The molecule has 0 aromatic heterocycles. The molecule has 0 aliphatic carbocycles. The van der Waals surface area contributed by atoms with Crippen LogP contribution in [0.25, 0.3) is 0 Å². The molecule has 0 radical (unpaired) electrons. The predicted octanol–water partition coefficient (Wildman–Crippen LogP) is 0.692. The van der Waals surface area contributed by atoms with Crippen molar-refractivity contribution < 1.29 is 9.47 Å². The van der Waals surface area contributed by atoms with Crippen molar-refractivity contribution in [1.29, 1.82) is 0 Å². The van der Waals surface area contributed by atoms with Gasteiger partial charge in [0.15, 0.2) is 11.5 Å². The van der Waals surface area contributed by atoms with Gasteiger partial charge in [0.2, 0.25) is 0 Å². The van der Waals surface area contributed by atoms with Gasteiger partial charge in [-0.1, -0.05) is 12.1 Å². The van der Waals surface area contributed by atoms with Crippen LogP contribution in [-0.2, 0) is 0 Å². The summed E-state index contributed by atoms with van der Waals surface area (Å²) in [5.41, 5.74) is 1.20. The molecule has 0 bridgehead atoms. The summed E-state index contributed by atoms with van der Waals surface area (Å²) in [5.74, 6) is 1.78. The highest BCUT2D eigenvalue weighted by Crippen LogP contribution is 2.36. The van der Waals surface area contributed by atoms with E-state index in [1.54, 1.807) is 0 Å². The molecule has 0 unspecified atom stereocenters. The fraction of sp³-hybridized carbons (Fsp3) is 0.500. The monoisotopic (exact) mass is 220 g/mol. The summed E-state index contributed by atoms with van der Waals surface area (Å²) < 4.78 is 11.3. The minimum atomic E-state index is 0.324. The van der Waals surface area contributed by atoms with Crippen molar-refractivity contribution >= 4 is 0 Å². The lowest BCUT2D eigenvalue weighted by Crippen LogP contribution is -2.42. The average Bonchev–Trinajstić information content (AvgIpc) is 2.39. The number of para-hydroxylation sites is 1. The fourth-order valence-corrected chi connectivity index (χ4v) is 2.24. The lowest BCUT2D eigenvalue weighted by atomic mass is 10.0. The summed E-state index contributed by atoms with van der Waals surface area (Å²) in [6, 6.07) is 6.43. The van der Waals surface area contributed by atoms with Gasteiger partial charge < -0.3 is 20.1 Å². The number of nitrogens with one attached hydrogen (secondary N) is 2. The Morgan fingerprint density at radius 2 is 2.06 bits per heavy atom. The van der Waals surface area contributed by atoms with Gasteiger partial charge in [-0.3, -0.25) is 0 Å². The topological polar surface area (TPSA) is 42.5 Å². The zero-order chi connectivity index (χ0) is 10.8. The van der Waals surface area contributed by atoms with Gasteiger partial charge in [0.1, 0.15) is 13.2 Å². The molecule has 0 amide bonds. The Morgan fingerprint density at radius 1 is 1.12 bits per heavy atom. The van der Waals surface area contributed by atoms with Gasteiger partial charge in [-0.15, -0.1) is 0 Å². The smallest absolute Gasteiger partial charge is 0.166 e. The summed E-state index contributed by atoms with van der Waals surface area (Å²) >= 11 is 0. The molecule has 3 rings (SSSR count). The maximum absolute atomic E-state index is 5.72. The van der Waals surface area contributed by atoms with Crippen LogP contribution >= 0.6 is 0 Å². The molecule has 16 heavy (non-hydrogen) atoms. The van der Waals surface area contributed by atoms with Crippen LogP contribution < -0.4 is 20.1 Å². The molecule has 0 saturated carbocycles. The van der Waals surface area contributed by atoms with Crippen molar-refractivity contribution in [3.8, 4) is 11.5 Å². The maximum Gasteiger partial charge on any atom is 0.166 e. The summed E-state index contributed by atoms with van der Waals surface area (Å²) in [7, 11) is 0. The number of fused-ring (bicyclic) bond motifs is 1. The molecule has 4 nitrogen and oxygen atoms in total. The van der Waals surface area contributed by atoms with Crippen LogP contribution in [0.15, 0.2) is 18.2 Å². The summed E-state index contributed by atoms with van der Waals surface area (Å²) in [5, 5.41) is 6.87. The molecule has 1 aromatic rings. The molecule has 1 fully saturated rings. The predicted molar refractivity (Wildman–Crippen MR) is 61.0 cm³/mol. The summed E-state index contributed by atoms with van der Waals surface area (Å²) in [4.78, 5) is 0. The first kappa shape index (κ1) is 9.93. The van der Waals surface area contributed by atoms with E-state index in [2.05, 4.69) is 16.7 Å². The van der Waals surface area contributed by atoms with Crippen LogP contribution in [0.4, 0.5) is 0 Å². The van der Waals surface area contributed by atoms with Crippen LogP contribution in [0, 0.1) is 0 Å². The van der Waals surface area contributed by atoms with E-state index in [0.29, 0.717) is 19.3 Å². The average molecular weight is 220 g/mol. The molecule has 2 heterocycles. The second-order valence-electron chi connectivity index (χ2n) is 4.08. The number of ether oxygens (including phenoxy) is 2. The minimum Gasteiger partial charge on any atom is -0.486 e. The molecule has 1 aromatic carbocycles. The van der Waals surface area contributed by atoms with Gasteiger partial charge in [0, 0.05) is 31.2 Å². The number of rotatable bonds is 1. The maximum atomic E-state index is 5.72. The quantitative estimate of drug-likeness (QED) is 0.731. The first-order valence-corrected chi connectivity index (χ1v) is 5.78. The van der Waals surface area contributed by atoms with Gasteiger partial charge in [0.25, 0.3) is 0 Å². The first-order valence-electron chi connectivity index (χ1n) is 5.78. The number of piperazine rings is 1. The largest absolute Gasteiger partial charge is 0.486 e. The molecule has 4 heteroatoms. The van der Waals surface area contributed by atoms with Crippen molar-refractivity contribution in [3.05, 3.63) is 23.8 Å². The third kappa shape index (κ3) is 1.74. The van der Waals surface area contributed by atoms with Gasteiger partial charge in [-0.25, -0.2) is 0 Å². The molecular formula is C12H16N2O2. The van der Waals surface area contributed by atoms with E-state index in [-0.39, 0.29) is 0 Å². The van der Waals surface area contributed by atoms with Crippen molar-refractivity contribution in [1.82, 2.24) is 10.6 Å². The van der Waals surface area contributed by atoms with E-state index in [0.717, 1.165) is 31.1 Å². The second-order valence-corrected chi connectivity index (χ2v) is 4.08. The summed E-state index contributed by atoms with van der Waals surface area (Å²) in [6.45, 7) is 4.26. The number of benzene rings is 1. The molecule has 2 aliphatic heterocycles. The van der Waals surface area contributed by atoms with E-state index in [4.69, 9.17) is 9.47 Å². The molecular weight excluding hydrogens is 204 g/mol. The zero-order valence-electron chi connectivity index (χ0n) is 9.16. The van der Waals surface area contributed by atoms with Crippen LogP contribution in [-0.4, -0.2) is 32.8 Å². The molecule has 0 spiro atoms. The lowest BCUT2D eigenvalue weighted by molar-refractivity contribution is 0.168. The van der Waals surface area contributed by atoms with Gasteiger partial charge in [-0.05, 0) is 6.07 Å². The lowest BCUT2D eigenvalue weighted by Gasteiger charge is -2.28. The highest BCUT2D eigenvalue weighted by molar-refractivity contribution is 5.49. The Bertz CT molecular complexity index is 375. The van der Waals surface area contributed by atoms with E-state index >= 15 is 0 Å². The van der Waals surface area contributed by atoms with Crippen LogP contribution in [0.1, 0.15) is 11.6 Å². The SMILES string of the molecule is c1cc2c(c([C@H]3CNCCN3)c1)OCCO2. The normalized spacial score (nSPS) is 24.1. The van der Waals surface area contributed by atoms with Crippen LogP contribution in [0.5, 0.6) is 11.5 Å². The van der Waals surface area contributed by atoms with E-state index in [1.807, 2.05) is 12.1 Å². The first-order chi connectivity index (χ1) is 7.95. The van der Waals surface area contributed by atoms with Crippen molar-refractivity contribution in [2.24, 2.45) is 0 Å². The van der Waals surface area contributed by atoms with E-state index < -0.39 is 0 Å². The van der Waals surface area contributed by atoms with Crippen LogP contribution in [0.2, 0.25) is 0 Å².